The Morgan fingerprint density at radius 2 is 1.82 bits per heavy atom. The zero-order valence-electron chi connectivity index (χ0n) is 10.6. The molecule has 1 aliphatic rings. The van der Waals surface area contributed by atoms with Crippen LogP contribution < -0.4 is 5.32 Å². The molecular formula is C15H22IN. The molecule has 1 aromatic rings. The summed E-state index contributed by atoms with van der Waals surface area (Å²) in [6, 6.07) is 9.05. The summed E-state index contributed by atoms with van der Waals surface area (Å²) >= 11 is 2.37. The van der Waals surface area contributed by atoms with Gasteiger partial charge in [-0.3, -0.25) is 0 Å². The molecule has 1 aliphatic carbocycles. The lowest BCUT2D eigenvalue weighted by Crippen LogP contribution is -2.33. The zero-order valence-corrected chi connectivity index (χ0v) is 12.8. The molecule has 2 heteroatoms. The van der Waals surface area contributed by atoms with E-state index in [4.69, 9.17) is 0 Å². The Bertz CT molecular complexity index is 338. The molecule has 0 heterocycles. The van der Waals surface area contributed by atoms with Gasteiger partial charge in [-0.25, -0.2) is 0 Å². The van der Waals surface area contributed by atoms with Crippen molar-refractivity contribution in [2.75, 3.05) is 13.1 Å². The van der Waals surface area contributed by atoms with Crippen LogP contribution in [0.25, 0.3) is 0 Å². The van der Waals surface area contributed by atoms with Gasteiger partial charge in [0.05, 0.1) is 0 Å². The Morgan fingerprint density at radius 3 is 2.41 bits per heavy atom. The quantitative estimate of drug-likeness (QED) is 0.797. The standard InChI is InChI=1S/C15H22IN/c1-2-17-12-15(9-3-4-10-15)11-13-5-7-14(16)8-6-13/h5-8,17H,2-4,9-12H2,1H3. The topological polar surface area (TPSA) is 12.0 Å². The average molecular weight is 343 g/mol. The molecule has 1 nitrogen and oxygen atoms in total. The van der Waals surface area contributed by atoms with Crippen molar-refractivity contribution < 1.29 is 0 Å². The Morgan fingerprint density at radius 1 is 1.18 bits per heavy atom. The molecule has 17 heavy (non-hydrogen) atoms. The van der Waals surface area contributed by atoms with Crippen LogP contribution in [0.3, 0.4) is 0 Å². The highest BCUT2D eigenvalue weighted by molar-refractivity contribution is 14.1. The minimum Gasteiger partial charge on any atom is -0.316 e. The van der Waals surface area contributed by atoms with Gasteiger partial charge in [0.2, 0.25) is 0 Å². The largest absolute Gasteiger partial charge is 0.316 e. The Balaban J connectivity index is 2.04. The summed E-state index contributed by atoms with van der Waals surface area (Å²) in [5.41, 5.74) is 2.04. The van der Waals surface area contributed by atoms with Gasteiger partial charge in [-0.15, -0.1) is 0 Å². The lowest BCUT2D eigenvalue weighted by atomic mass is 9.80. The van der Waals surface area contributed by atoms with Gasteiger partial charge in [0.15, 0.2) is 0 Å². The number of hydrogen-bond acceptors (Lipinski definition) is 1. The maximum Gasteiger partial charge on any atom is 0.0130 e. The van der Waals surface area contributed by atoms with Gasteiger partial charge in [0, 0.05) is 10.1 Å². The van der Waals surface area contributed by atoms with Crippen molar-refractivity contribution in [2.45, 2.75) is 39.0 Å². The first kappa shape index (κ1) is 13.3. The van der Waals surface area contributed by atoms with Crippen molar-refractivity contribution >= 4 is 22.6 Å². The first-order valence-corrected chi connectivity index (χ1v) is 7.77. The van der Waals surface area contributed by atoms with Crippen molar-refractivity contribution in [1.82, 2.24) is 5.32 Å². The highest BCUT2D eigenvalue weighted by atomic mass is 127. The second kappa shape index (κ2) is 6.19. The van der Waals surface area contributed by atoms with Gasteiger partial charge in [0.1, 0.15) is 0 Å². The van der Waals surface area contributed by atoms with Crippen molar-refractivity contribution in [3.63, 3.8) is 0 Å². The van der Waals surface area contributed by atoms with E-state index in [0.717, 1.165) is 6.54 Å². The fourth-order valence-electron chi connectivity index (χ4n) is 2.97. The molecule has 0 radical (unpaired) electrons. The van der Waals surface area contributed by atoms with Gasteiger partial charge in [-0.1, -0.05) is 31.9 Å². The third-order valence-corrected chi connectivity index (χ3v) is 4.63. The smallest absolute Gasteiger partial charge is 0.0130 e. The molecule has 0 bridgehead atoms. The number of hydrogen-bond donors (Lipinski definition) is 1. The van der Waals surface area contributed by atoms with Gasteiger partial charge >= 0.3 is 0 Å². The molecule has 2 rings (SSSR count). The van der Waals surface area contributed by atoms with E-state index < -0.39 is 0 Å². The van der Waals surface area contributed by atoms with E-state index in [2.05, 4.69) is 59.1 Å². The first-order valence-electron chi connectivity index (χ1n) is 6.69. The van der Waals surface area contributed by atoms with Crippen molar-refractivity contribution in [3.8, 4) is 0 Å². The third-order valence-electron chi connectivity index (χ3n) is 3.91. The molecule has 1 saturated carbocycles. The maximum absolute atomic E-state index is 3.56. The molecule has 0 aromatic heterocycles. The summed E-state index contributed by atoms with van der Waals surface area (Å²) in [6.07, 6.45) is 6.86. The molecule has 0 aliphatic heterocycles. The van der Waals surface area contributed by atoms with Crippen molar-refractivity contribution in [3.05, 3.63) is 33.4 Å². The van der Waals surface area contributed by atoms with E-state index in [1.165, 1.54) is 47.8 Å². The lowest BCUT2D eigenvalue weighted by molar-refractivity contribution is 0.280. The van der Waals surface area contributed by atoms with Crippen LogP contribution in [0.2, 0.25) is 0 Å². The van der Waals surface area contributed by atoms with Gasteiger partial charge in [0.25, 0.3) is 0 Å². The summed E-state index contributed by atoms with van der Waals surface area (Å²) in [5.74, 6) is 0. The summed E-state index contributed by atoms with van der Waals surface area (Å²) in [7, 11) is 0. The molecule has 1 N–H and O–H groups in total. The highest BCUT2D eigenvalue weighted by Crippen LogP contribution is 2.40. The molecule has 1 fully saturated rings. The van der Waals surface area contributed by atoms with Crippen LogP contribution in [0.5, 0.6) is 0 Å². The van der Waals surface area contributed by atoms with Crippen LogP contribution in [0.15, 0.2) is 24.3 Å². The maximum atomic E-state index is 3.56. The zero-order chi connectivity index (χ0) is 12.1. The predicted molar refractivity (Wildman–Crippen MR) is 82.3 cm³/mol. The average Bonchev–Trinajstić information content (AvgIpc) is 2.79. The molecule has 0 spiro atoms. The van der Waals surface area contributed by atoms with Gasteiger partial charge in [-0.2, -0.15) is 0 Å². The van der Waals surface area contributed by atoms with E-state index in [1.54, 1.807) is 0 Å². The summed E-state index contributed by atoms with van der Waals surface area (Å²) < 4.78 is 1.33. The van der Waals surface area contributed by atoms with E-state index in [1.807, 2.05) is 0 Å². The van der Waals surface area contributed by atoms with Crippen LogP contribution in [0, 0.1) is 8.99 Å². The highest BCUT2D eigenvalue weighted by Gasteiger charge is 2.33. The first-order chi connectivity index (χ1) is 8.24. The number of benzene rings is 1. The Labute approximate surface area is 119 Å². The van der Waals surface area contributed by atoms with Crippen molar-refractivity contribution in [1.29, 1.82) is 0 Å². The predicted octanol–water partition coefficient (Wildman–Crippen LogP) is 4.00. The molecule has 1 aromatic carbocycles. The molecule has 0 unspecified atom stereocenters. The SMILES string of the molecule is CCNCC1(Cc2ccc(I)cc2)CCCC1. The monoisotopic (exact) mass is 343 g/mol. The van der Waals surface area contributed by atoms with Gasteiger partial charge < -0.3 is 5.32 Å². The van der Waals surface area contributed by atoms with E-state index >= 15 is 0 Å². The number of halogens is 1. The summed E-state index contributed by atoms with van der Waals surface area (Å²) in [5, 5.41) is 3.56. The normalized spacial score (nSPS) is 18.5. The summed E-state index contributed by atoms with van der Waals surface area (Å²) in [6.45, 7) is 4.48. The van der Waals surface area contributed by atoms with Crippen LogP contribution in [-0.4, -0.2) is 13.1 Å². The van der Waals surface area contributed by atoms with Crippen LogP contribution in [0.1, 0.15) is 38.2 Å². The lowest BCUT2D eigenvalue weighted by Gasteiger charge is -2.29. The Hall–Kier alpha value is -0.0900. The fraction of sp³-hybridized carbons (Fsp3) is 0.600. The number of rotatable bonds is 5. The molecule has 0 atom stereocenters. The molecular weight excluding hydrogens is 321 g/mol. The molecule has 0 amide bonds. The molecule has 0 saturated heterocycles. The fourth-order valence-corrected chi connectivity index (χ4v) is 3.33. The van der Waals surface area contributed by atoms with Crippen LogP contribution >= 0.6 is 22.6 Å². The van der Waals surface area contributed by atoms with Crippen LogP contribution in [-0.2, 0) is 6.42 Å². The van der Waals surface area contributed by atoms with E-state index in [0.29, 0.717) is 5.41 Å². The minimum atomic E-state index is 0.531. The summed E-state index contributed by atoms with van der Waals surface area (Å²) in [4.78, 5) is 0. The Kier molecular flexibility index (Phi) is 4.86. The second-order valence-corrected chi connectivity index (χ2v) is 6.54. The van der Waals surface area contributed by atoms with Gasteiger partial charge in [-0.05, 0) is 71.5 Å². The van der Waals surface area contributed by atoms with E-state index in [9.17, 15) is 0 Å². The number of nitrogens with one attached hydrogen (secondary N) is 1. The van der Waals surface area contributed by atoms with Crippen LogP contribution in [0.4, 0.5) is 0 Å². The minimum absolute atomic E-state index is 0.531. The van der Waals surface area contributed by atoms with E-state index in [-0.39, 0.29) is 0 Å². The van der Waals surface area contributed by atoms with Crippen molar-refractivity contribution in [2.24, 2.45) is 5.41 Å². The second-order valence-electron chi connectivity index (χ2n) is 5.29. The molecule has 94 valence electrons. The third kappa shape index (κ3) is 3.68.